The molecule has 108 valence electrons. The lowest BCUT2D eigenvalue weighted by atomic mass is 10.0. The van der Waals surface area contributed by atoms with Crippen LogP contribution in [-0.4, -0.2) is 14.1 Å². The lowest BCUT2D eigenvalue weighted by molar-refractivity contribution is 0.696. The average Bonchev–Trinajstić information content (AvgIpc) is 2.43. The Kier molecular flexibility index (Phi) is 3.39. The van der Waals surface area contributed by atoms with E-state index in [0.29, 0.717) is 11.3 Å². The Morgan fingerprint density at radius 3 is 2.43 bits per heavy atom. The van der Waals surface area contributed by atoms with Crippen molar-refractivity contribution < 1.29 is 0 Å². The van der Waals surface area contributed by atoms with E-state index in [4.69, 9.17) is 5.73 Å². The summed E-state index contributed by atoms with van der Waals surface area (Å²) in [5, 5.41) is 9.32. The quantitative estimate of drug-likeness (QED) is 0.806. The first kappa shape index (κ1) is 14.5. The van der Waals surface area contributed by atoms with Gasteiger partial charge in [0, 0.05) is 19.8 Å². The Morgan fingerprint density at radius 2 is 1.86 bits per heavy atom. The number of hydrogen-bond acceptors (Lipinski definition) is 5. The van der Waals surface area contributed by atoms with E-state index in [-0.39, 0.29) is 22.6 Å². The van der Waals surface area contributed by atoms with Crippen LogP contribution in [-0.2, 0) is 14.1 Å². The number of pyridine rings is 1. The van der Waals surface area contributed by atoms with Crippen molar-refractivity contribution in [1.29, 1.82) is 5.26 Å². The number of nitrogens with two attached hydrogens (primary N) is 1. The maximum Gasteiger partial charge on any atom is 0.332 e. The van der Waals surface area contributed by atoms with Crippen molar-refractivity contribution in [2.75, 3.05) is 5.73 Å². The van der Waals surface area contributed by atoms with Gasteiger partial charge in [0.15, 0.2) is 0 Å². The lowest BCUT2D eigenvalue weighted by Crippen LogP contribution is -2.39. The van der Waals surface area contributed by atoms with Gasteiger partial charge in [-0.2, -0.15) is 5.26 Å². The van der Waals surface area contributed by atoms with E-state index in [1.807, 2.05) is 6.07 Å². The van der Waals surface area contributed by atoms with E-state index < -0.39 is 11.2 Å². The molecule has 7 heteroatoms. The zero-order valence-electron chi connectivity index (χ0n) is 12.3. The molecule has 0 aliphatic carbocycles. The van der Waals surface area contributed by atoms with Gasteiger partial charge in [-0.05, 0) is 25.5 Å². The van der Waals surface area contributed by atoms with Gasteiger partial charge in [-0.3, -0.25) is 18.9 Å². The number of nitrogen functional groups attached to an aromatic ring is 1. The molecule has 7 nitrogen and oxygen atoms in total. The molecule has 0 atom stereocenters. The molecular weight excluding hydrogens is 270 g/mol. The van der Waals surface area contributed by atoms with Crippen molar-refractivity contribution in [1.82, 2.24) is 14.1 Å². The Bertz CT molecular complexity index is 900. The summed E-state index contributed by atoms with van der Waals surface area (Å²) in [6, 6.07) is 3.80. The van der Waals surface area contributed by atoms with E-state index >= 15 is 0 Å². The van der Waals surface area contributed by atoms with Gasteiger partial charge < -0.3 is 5.73 Å². The fraction of sp³-hybridized carbons (Fsp3) is 0.286. The van der Waals surface area contributed by atoms with Gasteiger partial charge in [0.25, 0.3) is 5.56 Å². The summed E-state index contributed by atoms with van der Waals surface area (Å²) in [6.45, 7) is 3.53. The first-order valence-electron chi connectivity index (χ1n) is 6.23. The van der Waals surface area contributed by atoms with Gasteiger partial charge in [0.1, 0.15) is 17.5 Å². The van der Waals surface area contributed by atoms with Gasteiger partial charge in [-0.1, -0.05) is 0 Å². The normalized spacial score (nSPS) is 10.4. The summed E-state index contributed by atoms with van der Waals surface area (Å²) in [6.07, 6.45) is 0. The number of nitriles is 1. The molecule has 2 N–H and O–H groups in total. The fourth-order valence-corrected chi connectivity index (χ4v) is 2.24. The predicted molar refractivity (Wildman–Crippen MR) is 78.8 cm³/mol. The number of hydrogen-bond donors (Lipinski definition) is 1. The second kappa shape index (κ2) is 4.90. The van der Waals surface area contributed by atoms with Crippen molar-refractivity contribution >= 4 is 5.82 Å². The molecule has 2 aromatic rings. The van der Waals surface area contributed by atoms with Crippen LogP contribution in [0.25, 0.3) is 11.3 Å². The van der Waals surface area contributed by atoms with E-state index in [9.17, 15) is 14.9 Å². The molecule has 2 aromatic heterocycles. The summed E-state index contributed by atoms with van der Waals surface area (Å²) in [4.78, 5) is 28.5. The van der Waals surface area contributed by atoms with Crippen molar-refractivity contribution in [3.05, 3.63) is 43.7 Å². The zero-order valence-corrected chi connectivity index (χ0v) is 12.3. The molecule has 0 amide bonds. The molecule has 0 unspecified atom stereocenters. The summed E-state index contributed by atoms with van der Waals surface area (Å²) in [5.74, 6) is -0.00269. The molecule has 0 aromatic carbocycles. The van der Waals surface area contributed by atoms with Crippen LogP contribution in [0, 0.1) is 25.2 Å². The minimum Gasteiger partial charge on any atom is -0.384 e. The highest BCUT2D eigenvalue weighted by Crippen LogP contribution is 2.25. The molecule has 0 bridgehead atoms. The van der Waals surface area contributed by atoms with Gasteiger partial charge in [0.05, 0.1) is 11.3 Å². The van der Waals surface area contributed by atoms with Crippen LogP contribution < -0.4 is 17.0 Å². The molecule has 0 saturated carbocycles. The molecule has 0 spiro atoms. The van der Waals surface area contributed by atoms with Gasteiger partial charge in [-0.15, -0.1) is 0 Å². The first-order valence-corrected chi connectivity index (χ1v) is 6.23. The van der Waals surface area contributed by atoms with E-state index in [2.05, 4.69) is 4.98 Å². The molecule has 2 heterocycles. The molecule has 0 aliphatic heterocycles. The second-order valence-electron chi connectivity index (χ2n) is 4.88. The van der Waals surface area contributed by atoms with Crippen LogP contribution in [0.5, 0.6) is 0 Å². The minimum atomic E-state index is -0.565. The zero-order chi connectivity index (χ0) is 15.9. The SMILES string of the molecule is Cc1cc(C)c(C#N)c(-c2c(N)n(C)c(=O)n(C)c2=O)n1. The highest BCUT2D eigenvalue weighted by atomic mass is 16.2. The average molecular weight is 285 g/mol. The van der Waals surface area contributed by atoms with Crippen molar-refractivity contribution in [3.63, 3.8) is 0 Å². The van der Waals surface area contributed by atoms with Gasteiger partial charge in [0.2, 0.25) is 0 Å². The summed E-state index contributed by atoms with van der Waals surface area (Å²) in [7, 11) is 2.83. The smallest absolute Gasteiger partial charge is 0.332 e. The van der Waals surface area contributed by atoms with Crippen LogP contribution in [0.3, 0.4) is 0 Å². The highest BCUT2D eigenvalue weighted by Gasteiger charge is 2.20. The van der Waals surface area contributed by atoms with E-state index in [0.717, 1.165) is 9.13 Å². The Hall–Kier alpha value is -2.88. The molecule has 21 heavy (non-hydrogen) atoms. The van der Waals surface area contributed by atoms with Crippen LogP contribution in [0.1, 0.15) is 16.8 Å². The minimum absolute atomic E-state index is 0.00269. The second-order valence-corrected chi connectivity index (χ2v) is 4.88. The summed E-state index contributed by atoms with van der Waals surface area (Å²) in [5.41, 5.74) is 6.75. The van der Waals surface area contributed by atoms with E-state index in [1.54, 1.807) is 19.9 Å². The molecule has 0 saturated heterocycles. The van der Waals surface area contributed by atoms with Gasteiger partial charge in [-0.25, -0.2) is 4.79 Å². The molecule has 2 rings (SSSR count). The van der Waals surface area contributed by atoms with Crippen LogP contribution in [0.15, 0.2) is 15.7 Å². The Morgan fingerprint density at radius 1 is 1.24 bits per heavy atom. The largest absolute Gasteiger partial charge is 0.384 e. The highest BCUT2D eigenvalue weighted by molar-refractivity contribution is 5.75. The van der Waals surface area contributed by atoms with Crippen molar-refractivity contribution in [3.8, 4) is 17.3 Å². The molecule has 0 fully saturated rings. The van der Waals surface area contributed by atoms with Crippen LogP contribution in [0.4, 0.5) is 5.82 Å². The van der Waals surface area contributed by atoms with Crippen LogP contribution >= 0.6 is 0 Å². The van der Waals surface area contributed by atoms with E-state index in [1.165, 1.54) is 14.1 Å². The number of aromatic nitrogens is 3. The number of anilines is 1. The van der Waals surface area contributed by atoms with Crippen LogP contribution in [0.2, 0.25) is 0 Å². The first-order chi connectivity index (χ1) is 9.79. The monoisotopic (exact) mass is 285 g/mol. The predicted octanol–water partition coefficient (Wildman–Crippen LogP) is 0.217. The third kappa shape index (κ3) is 2.10. The molecule has 0 radical (unpaired) electrons. The standard InChI is InChI=1S/C14H15N5O2/c1-7-5-8(2)17-11(9(7)6-15)10-12(16)18(3)14(21)19(4)13(10)20/h5H,16H2,1-4H3. The number of rotatable bonds is 1. The Balaban J connectivity index is 3.04. The fourth-order valence-electron chi connectivity index (χ4n) is 2.24. The molecule has 0 aliphatic rings. The number of nitrogens with zero attached hydrogens (tertiary/aromatic N) is 4. The maximum atomic E-state index is 12.4. The lowest BCUT2D eigenvalue weighted by Gasteiger charge is -2.13. The molecular formula is C14H15N5O2. The van der Waals surface area contributed by atoms with Crippen molar-refractivity contribution in [2.24, 2.45) is 14.1 Å². The summed E-state index contributed by atoms with van der Waals surface area (Å²) < 4.78 is 2.11. The maximum absolute atomic E-state index is 12.4. The third-order valence-corrected chi connectivity index (χ3v) is 3.40. The van der Waals surface area contributed by atoms with Gasteiger partial charge >= 0.3 is 5.69 Å². The Labute approximate surface area is 120 Å². The topological polar surface area (TPSA) is 107 Å². The summed E-state index contributed by atoms with van der Waals surface area (Å²) >= 11 is 0. The number of aryl methyl sites for hydroxylation is 2. The third-order valence-electron chi connectivity index (χ3n) is 3.40. The van der Waals surface area contributed by atoms with Crippen molar-refractivity contribution in [2.45, 2.75) is 13.8 Å².